The number of nitrogens with zero attached hydrogens (tertiary/aromatic N) is 1. The van der Waals surface area contributed by atoms with E-state index in [0.29, 0.717) is 36.2 Å². The zero-order valence-corrected chi connectivity index (χ0v) is 14.0. The average Bonchev–Trinajstić information content (AvgIpc) is 3.42. The molecule has 134 valence electrons. The minimum absolute atomic E-state index is 0.0766. The molecule has 1 saturated carbocycles. The van der Waals surface area contributed by atoms with Crippen LogP contribution in [0.3, 0.4) is 0 Å². The highest BCUT2D eigenvalue weighted by molar-refractivity contribution is 5.98. The number of nitrogens with one attached hydrogen (secondary N) is 1. The van der Waals surface area contributed by atoms with Gasteiger partial charge in [0.1, 0.15) is 12.4 Å². The maximum absolute atomic E-state index is 12.6. The fourth-order valence-electron chi connectivity index (χ4n) is 2.74. The summed E-state index contributed by atoms with van der Waals surface area (Å²) in [6.45, 7) is 0.755. The van der Waals surface area contributed by atoms with Gasteiger partial charge in [-0.05, 0) is 43.0 Å². The van der Waals surface area contributed by atoms with Crippen molar-refractivity contribution in [3.63, 3.8) is 0 Å². The number of fused-ring (bicyclic) bond motifs is 1. The summed E-state index contributed by atoms with van der Waals surface area (Å²) in [6, 6.07) is 5.45. The van der Waals surface area contributed by atoms with Gasteiger partial charge in [-0.2, -0.15) is 0 Å². The number of carbonyl (C=O) groups excluding carboxylic acids is 2. The van der Waals surface area contributed by atoms with Crippen LogP contribution in [0.5, 0.6) is 5.75 Å². The Morgan fingerprint density at radius 3 is 2.92 bits per heavy atom. The summed E-state index contributed by atoms with van der Waals surface area (Å²) >= 11 is 0. The van der Waals surface area contributed by atoms with Gasteiger partial charge in [-0.15, -0.1) is 0 Å². The Morgan fingerprint density at radius 1 is 1.44 bits per heavy atom. The van der Waals surface area contributed by atoms with Gasteiger partial charge in [0.25, 0.3) is 5.91 Å². The van der Waals surface area contributed by atoms with Crippen molar-refractivity contribution < 1.29 is 18.7 Å². The fraction of sp³-hybridized carbons (Fsp3) is 0.444. The van der Waals surface area contributed by atoms with E-state index >= 15 is 0 Å². The third-order valence-corrected chi connectivity index (χ3v) is 4.36. The second kappa shape index (κ2) is 7.65. The smallest absolute Gasteiger partial charge is 0.254 e. The average molecular weight is 347 g/mol. The molecule has 0 radical (unpaired) electrons. The molecule has 25 heavy (non-hydrogen) atoms. The van der Waals surface area contributed by atoms with Crippen molar-refractivity contribution in [1.82, 2.24) is 10.2 Å². The van der Waals surface area contributed by atoms with Crippen LogP contribution in [0.25, 0.3) is 0 Å². The molecular formula is C18H22FN3O3. The number of rotatable bonds is 7. The first-order valence-corrected chi connectivity index (χ1v) is 8.43. The summed E-state index contributed by atoms with van der Waals surface area (Å²) < 4.78 is 18.0. The van der Waals surface area contributed by atoms with E-state index in [0.717, 1.165) is 18.4 Å². The number of halogens is 1. The molecule has 6 nitrogen and oxygen atoms in total. The third kappa shape index (κ3) is 4.36. The number of hydrogen-bond acceptors (Lipinski definition) is 4. The summed E-state index contributed by atoms with van der Waals surface area (Å²) in [5.74, 6) is 0.316. The van der Waals surface area contributed by atoms with Crippen LogP contribution in [-0.4, -0.2) is 49.0 Å². The quantitative estimate of drug-likeness (QED) is 0.775. The molecular weight excluding hydrogens is 325 g/mol. The highest BCUT2D eigenvalue weighted by Crippen LogP contribution is 2.24. The Bertz CT molecular complexity index is 701. The second-order valence-corrected chi connectivity index (χ2v) is 6.40. The summed E-state index contributed by atoms with van der Waals surface area (Å²) in [5, 5.41) is 2.89. The first-order valence-electron chi connectivity index (χ1n) is 8.43. The Labute approximate surface area is 145 Å². The largest absolute Gasteiger partial charge is 0.489 e. The molecule has 2 amide bonds. The molecule has 0 bridgehead atoms. The predicted octanol–water partition coefficient (Wildman–Crippen LogP) is 1.15. The van der Waals surface area contributed by atoms with E-state index in [1.165, 1.54) is 0 Å². The maximum atomic E-state index is 12.6. The van der Waals surface area contributed by atoms with Crippen molar-refractivity contribution in [2.75, 3.05) is 26.2 Å². The minimum Gasteiger partial charge on any atom is -0.489 e. The van der Waals surface area contributed by atoms with Crippen LogP contribution in [-0.2, 0) is 11.2 Å². The van der Waals surface area contributed by atoms with Crippen LogP contribution in [0.2, 0.25) is 0 Å². The van der Waals surface area contributed by atoms with Crippen molar-refractivity contribution >= 4 is 11.8 Å². The van der Waals surface area contributed by atoms with Gasteiger partial charge in [0.05, 0.1) is 12.9 Å². The molecule has 1 aliphatic carbocycles. The SMILES string of the molecule is NC/C(=C/F)COc1ccc2c(c1)CCN(CC(=O)NC1CC1)C2=O. The standard InChI is InChI=1S/C18H22FN3O3/c19-8-12(9-20)11-25-15-3-4-16-13(7-15)5-6-22(18(16)24)10-17(23)21-14-1-2-14/h3-4,7-8,14H,1-2,5-6,9-11,20H2,(H,21,23)/b12-8-. The van der Waals surface area contributed by atoms with Gasteiger partial charge < -0.3 is 20.7 Å². The monoisotopic (exact) mass is 347 g/mol. The van der Waals surface area contributed by atoms with Crippen molar-refractivity contribution in [2.45, 2.75) is 25.3 Å². The zero-order chi connectivity index (χ0) is 17.8. The lowest BCUT2D eigenvalue weighted by atomic mass is 9.98. The first kappa shape index (κ1) is 17.4. The van der Waals surface area contributed by atoms with Crippen LogP contribution in [0.4, 0.5) is 4.39 Å². The molecule has 3 N–H and O–H groups in total. The van der Waals surface area contributed by atoms with Gasteiger partial charge in [-0.1, -0.05) is 0 Å². The van der Waals surface area contributed by atoms with Gasteiger partial charge in [0.2, 0.25) is 5.91 Å². The maximum Gasteiger partial charge on any atom is 0.254 e. The molecule has 7 heteroatoms. The number of hydrogen-bond donors (Lipinski definition) is 2. The minimum atomic E-state index is -0.148. The van der Waals surface area contributed by atoms with Gasteiger partial charge in [0.15, 0.2) is 0 Å². The Kier molecular flexibility index (Phi) is 5.33. The van der Waals surface area contributed by atoms with E-state index < -0.39 is 0 Å². The third-order valence-electron chi connectivity index (χ3n) is 4.36. The summed E-state index contributed by atoms with van der Waals surface area (Å²) in [4.78, 5) is 26.0. The molecule has 1 heterocycles. The van der Waals surface area contributed by atoms with Crippen LogP contribution < -0.4 is 15.8 Å². The van der Waals surface area contributed by atoms with E-state index in [1.54, 1.807) is 23.1 Å². The topological polar surface area (TPSA) is 84.7 Å². The number of ether oxygens (including phenoxy) is 1. The van der Waals surface area contributed by atoms with Crippen LogP contribution >= 0.6 is 0 Å². The summed E-state index contributed by atoms with van der Waals surface area (Å²) in [7, 11) is 0. The predicted molar refractivity (Wildman–Crippen MR) is 91.0 cm³/mol. The van der Waals surface area contributed by atoms with Crippen molar-refractivity contribution in [1.29, 1.82) is 0 Å². The molecule has 0 aromatic heterocycles. The molecule has 0 saturated heterocycles. The van der Waals surface area contributed by atoms with Crippen molar-refractivity contribution in [3.05, 3.63) is 41.2 Å². The number of amides is 2. The number of nitrogens with two attached hydrogens (primary N) is 1. The van der Waals surface area contributed by atoms with Gasteiger partial charge in [-0.25, -0.2) is 4.39 Å². The zero-order valence-electron chi connectivity index (χ0n) is 14.0. The highest BCUT2D eigenvalue weighted by Gasteiger charge is 2.28. The summed E-state index contributed by atoms with van der Waals surface area (Å²) in [6.07, 6.45) is 3.15. The van der Waals surface area contributed by atoms with Gasteiger partial charge in [0, 0.05) is 30.3 Å². The molecule has 0 spiro atoms. The van der Waals surface area contributed by atoms with Crippen molar-refractivity contribution in [3.8, 4) is 5.75 Å². The van der Waals surface area contributed by atoms with E-state index in [9.17, 15) is 14.0 Å². The Balaban J connectivity index is 1.62. The lowest BCUT2D eigenvalue weighted by Gasteiger charge is -2.28. The van der Waals surface area contributed by atoms with Crippen LogP contribution in [0.15, 0.2) is 30.1 Å². The van der Waals surface area contributed by atoms with E-state index in [-0.39, 0.29) is 37.6 Å². The molecule has 1 aliphatic heterocycles. The first-order chi connectivity index (χ1) is 12.1. The second-order valence-electron chi connectivity index (χ2n) is 6.40. The Morgan fingerprint density at radius 2 is 2.24 bits per heavy atom. The Hall–Kier alpha value is -2.41. The molecule has 0 atom stereocenters. The fourth-order valence-corrected chi connectivity index (χ4v) is 2.74. The van der Waals surface area contributed by atoms with Gasteiger partial charge in [-0.3, -0.25) is 9.59 Å². The lowest BCUT2D eigenvalue weighted by molar-refractivity contribution is -0.122. The van der Waals surface area contributed by atoms with Gasteiger partial charge >= 0.3 is 0 Å². The summed E-state index contributed by atoms with van der Waals surface area (Å²) in [5.41, 5.74) is 7.21. The molecule has 1 aromatic rings. The van der Waals surface area contributed by atoms with E-state index in [1.807, 2.05) is 0 Å². The lowest BCUT2D eigenvalue weighted by Crippen LogP contribution is -2.44. The normalized spacial score (nSPS) is 17.3. The van der Waals surface area contributed by atoms with Crippen molar-refractivity contribution in [2.24, 2.45) is 5.73 Å². The van der Waals surface area contributed by atoms with Crippen LogP contribution in [0, 0.1) is 0 Å². The molecule has 1 aromatic carbocycles. The highest BCUT2D eigenvalue weighted by atomic mass is 19.1. The van der Waals surface area contributed by atoms with E-state index in [2.05, 4.69) is 5.32 Å². The number of benzene rings is 1. The molecule has 3 rings (SSSR count). The molecule has 1 fully saturated rings. The molecule has 0 unspecified atom stereocenters. The van der Waals surface area contributed by atoms with Crippen LogP contribution in [0.1, 0.15) is 28.8 Å². The van der Waals surface area contributed by atoms with E-state index in [4.69, 9.17) is 10.5 Å². The number of carbonyl (C=O) groups is 2. The molecule has 2 aliphatic rings.